The molecule has 3 heteroatoms. The van der Waals surface area contributed by atoms with Gasteiger partial charge in [0.15, 0.2) is 0 Å². The van der Waals surface area contributed by atoms with Crippen LogP contribution in [0.5, 0.6) is 0 Å². The third-order valence-electron chi connectivity index (χ3n) is 1.87. The van der Waals surface area contributed by atoms with E-state index < -0.39 is 0 Å². The molecular formula is C6H13NO2. The van der Waals surface area contributed by atoms with Crippen LogP contribution in [0.25, 0.3) is 0 Å². The van der Waals surface area contributed by atoms with Gasteiger partial charge in [0.05, 0.1) is 12.2 Å². The van der Waals surface area contributed by atoms with Crippen molar-refractivity contribution in [2.75, 3.05) is 7.11 Å². The number of aliphatic hydroxyl groups excluding tert-OH is 1. The van der Waals surface area contributed by atoms with Crippen molar-refractivity contribution in [3.8, 4) is 0 Å². The van der Waals surface area contributed by atoms with Crippen molar-refractivity contribution in [2.24, 2.45) is 5.73 Å². The van der Waals surface area contributed by atoms with Crippen molar-refractivity contribution in [2.45, 2.75) is 31.1 Å². The van der Waals surface area contributed by atoms with Gasteiger partial charge in [-0.15, -0.1) is 0 Å². The summed E-state index contributed by atoms with van der Waals surface area (Å²) in [5.41, 5.74) is 5.51. The van der Waals surface area contributed by atoms with Gasteiger partial charge >= 0.3 is 0 Å². The average Bonchev–Trinajstić information content (AvgIpc) is 2.13. The lowest BCUT2D eigenvalue weighted by atomic mass is 10.2. The van der Waals surface area contributed by atoms with Gasteiger partial charge in [0.25, 0.3) is 0 Å². The van der Waals surface area contributed by atoms with Crippen molar-refractivity contribution >= 4 is 0 Å². The highest BCUT2D eigenvalue weighted by atomic mass is 16.5. The molecule has 3 N–H and O–H groups in total. The predicted octanol–water partition coefficient (Wildman–Crippen LogP) is -0.517. The van der Waals surface area contributed by atoms with Crippen LogP contribution in [-0.2, 0) is 4.74 Å². The van der Waals surface area contributed by atoms with Crippen LogP contribution in [0.3, 0.4) is 0 Å². The summed E-state index contributed by atoms with van der Waals surface area (Å²) in [7, 11) is 1.65. The van der Waals surface area contributed by atoms with E-state index in [0.29, 0.717) is 6.42 Å². The summed E-state index contributed by atoms with van der Waals surface area (Å²) in [5, 5.41) is 9.09. The molecule has 0 spiro atoms. The third kappa shape index (κ3) is 1.41. The van der Waals surface area contributed by atoms with Gasteiger partial charge < -0.3 is 15.6 Å². The Balaban J connectivity index is 2.35. The summed E-state index contributed by atoms with van der Waals surface area (Å²) < 4.78 is 5.01. The molecule has 0 aliphatic heterocycles. The first-order valence-corrected chi connectivity index (χ1v) is 3.20. The van der Waals surface area contributed by atoms with E-state index in [4.69, 9.17) is 15.6 Å². The fraction of sp³-hybridized carbons (Fsp3) is 1.00. The quantitative estimate of drug-likeness (QED) is 0.503. The van der Waals surface area contributed by atoms with Crippen molar-refractivity contribution < 1.29 is 9.84 Å². The first kappa shape index (κ1) is 6.99. The minimum Gasteiger partial charge on any atom is -0.391 e. The standard InChI is InChI=1S/C6H13NO2/c1-9-4-2-5(7)6(8)3-4/h4-6,8H,2-3,7H2,1H3/t4-,5?,6-/m1/s1. The topological polar surface area (TPSA) is 55.5 Å². The van der Waals surface area contributed by atoms with Gasteiger partial charge in [-0.25, -0.2) is 0 Å². The lowest BCUT2D eigenvalue weighted by Gasteiger charge is -2.04. The average molecular weight is 131 g/mol. The molecule has 1 saturated carbocycles. The highest BCUT2D eigenvalue weighted by molar-refractivity contribution is 4.86. The fourth-order valence-corrected chi connectivity index (χ4v) is 1.19. The molecule has 1 rings (SSSR count). The van der Waals surface area contributed by atoms with Crippen LogP contribution in [0.1, 0.15) is 12.8 Å². The molecule has 54 valence electrons. The van der Waals surface area contributed by atoms with E-state index in [1.807, 2.05) is 0 Å². The Morgan fingerprint density at radius 2 is 2.22 bits per heavy atom. The highest BCUT2D eigenvalue weighted by Crippen LogP contribution is 2.19. The fourth-order valence-electron chi connectivity index (χ4n) is 1.19. The van der Waals surface area contributed by atoms with Crippen molar-refractivity contribution in [1.82, 2.24) is 0 Å². The normalized spacial score (nSPS) is 43.7. The maximum Gasteiger partial charge on any atom is 0.0716 e. The van der Waals surface area contributed by atoms with Crippen molar-refractivity contribution in [3.63, 3.8) is 0 Å². The van der Waals surface area contributed by atoms with Gasteiger partial charge in [-0.05, 0) is 6.42 Å². The number of hydrogen-bond acceptors (Lipinski definition) is 3. The van der Waals surface area contributed by atoms with E-state index in [2.05, 4.69) is 0 Å². The second kappa shape index (κ2) is 2.64. The molecule has 0 amide bonds. The van der Waals surface area contributed by atoms with E-state index in [-0.39, 0.29) is 18.2 Å². The number of ether oxygens (including phenoxy) is 1. The van der Waals surface area contributed by atoms with E-state index >= 15 is 0 Å². The molecule has 3 nitrogen and oxygen atoms in total. The van der Waals surface area contributed by atoms with Crippen LogP contribution >= 0.6 is 0 Å². The molecule has 0 aromatic carbocycles. The Hall–Kier alpha value is -0.120. The second-order valence-electron chi connectivity index (χ2n) is 2.56. The molecule has 0 saturated heterocycles. The van der Waals surface area contributed by atoms with Gasteiger partial charge in [-0.3, -0.25) is 0 Å². The number of hydrogen-bond donors (Lipinski definition) is 2. The maximum absolute atomic E-state index is 9.09. The van der Waals surface area contributed by atoms with Gasteiger partial charge in [0.2, 0.25) is 0 Å². The molecular weight excluding hydrogens is 118 g/mol. The number of rotatable bonds is 1. The molecule has 0 radical (unpaired) electrons. The van der Waals surface area contributed by atoms with Crippen LogP contribution in [0, 0.1) is 0 Å². The Morgan fingerprint density at radius 3 is 2.44 bits per heavy atom. The number of methoxy groups -OCH3 is 1. The van der Waals surface area contributed by atoms with Crippen LogP contribution < -0.4 is 5.73 Å². The lowest BCUT2D eigenvalue weighted by molar-refractivity contribution is 0.0895. The van der Waals surface area contributed by atoms with Crippen LogP contribution in [0.15, 0.2) is 0 Å². The van der Waals surface area contributed by atoms with E-state index in [9.17, 15) is 0 Å². The van der Waals surface area contributed by atoms with Gasteiger partial charge in [-0.1, -0.05) is 0 Å². The highest BCUT2D eigenvalue weighted by Gasteiger charge is 2.29. The Morgan fingerprint density at radius 1 is 1.56 bits per heavy atom. The van der Waals surface area contributed by atoms with E-state index in [1.54, 1.807) is 7.11 Å². The summed E-state index contributed by atoms with van der Waals surface area (Å²) in [5.74, 6) is 0. The second-order valence-corrected chi connectivity index (χ2v) is 2.56. The molecule has 0 aromatic heterocycles. The van der Waals surface area contributed by atoms with Crippen LogP contribution in [0.4, 0.5) is 0 Å². The Labute approximate surface area is 54.8 Å². The molecule has 3 atom stereocenters. The molecule has 1 fully saturated rings. The molecule has 9 heavy (non-hydrogen) atoms. The van der Waals surface area contributed by atoms with Crippen LogP contribution in [-0.4, -0.2) is 30.5 Å². The Kier molecular flexibility index (Phi) is 2.05. The van der Waals surface area contributed by atoms with E-state index in [0.717, 1.165) is 6.42 Å². The lowest BCUT2D eigenvalue weighted by Crippen LogP contribution is -2.28. The minimum atomic E-state index is -0.352. The zero-order valence-corrected chi connectivity index (χ0v) is 5.58. The SMILES string of the molecule is CO[C@@H]1CC(N)[C@H](O)C1. The first-order valence-electron chi connectivity index (χ1n) is 3.20. The van der Waals surface area contributed by atoms with Crippen LogP contribution in [0.2, 0.25) is 0 Å². The Bertz CT molecular complexity index is 87.1. The van der Waals surface area contributed by atoms with E-state index in [1.165, 1.54) is 0 Å². The van der Waals surface area contributed by atoms with Gasteiger partial charge in [-0.2, -0.15) is 0 Å². The van der Waals surface area contributed by atoms with Gasteiger partial charge in [0.1, 0.15) is 0 Å². The third-order valence-corrected chi connectivity index (χ3v) is 1.87. The van der Waals surface area contributed by atoms with Crippen molar-refractivity contribution in [3.05, 3.63) is 0 Å². The molecule has 1 unspecified atom stereocenters. The zero-order chi connectivity index (χ0) is 6.85. The summed E-state index contributed by atoms with van der Waals surface area (Å²) in [6.45, 7) is 0. The smallest absolute Gasteiger partial charge is 0.0716 e. The minimum absolute atomic E-state index is 0.0741. The largest absolute Gasteiger partial charge is 0.391 e. The summed E-state index contributed by atoms with van der Waals surface area (Å²) >= 11 is 0. The summed E-state index contributed by atoms with van der Waals surface area (Å²) in [6.07, 6.45) is 1.31. The summed E-state index contributed by atoms with van der Waals surface area (Å²) in [6, 6.07) is -0.0741. The monoisotopic (exact) mass is 131 g/mol. The molecule has 0 bridgehead atoms. The molecule has 1 aliphatic carbocycles. The molecule has 0 aromatic rings. The summed E-state index contributed by atoms with van der Waals surface area (Å²) in [4.78, 5) is 0. The maximum atomic E-state index is 9.09. The van der Waals surface area contributed by atoms with Gasteiger partial charge in [0, 0.05) is 19.6 Å². The molecule has 0 heterocycles. The van der Waals surface area contributed by atoms with Crippen molar-refractivity contribution in [1.29, 1.82) is 0 Å². The number of nitrogens with two attached hydrogens (primary N) is 1. The number of aliphatic hydroxyl groups is 1. The predicted molar refractivity (Wildman–Crippen MR) is 34.0 cm³/mol. The zero-order valence-electron chi connectivity index (χ0n) is 5.58. The molecule has 1 aliphatic rings. The first-order chi connectivity index (χ1) is 4.24.